The zero-order valence-electron chi connectivity index (χ0n) is 7.26. The number of aryl methyl sites for hydroxylation is 1. The van der Waals surface area contributed by atoms with Crippen molar-refractivity contribution in [1.29, 1.82) is 0 Å². The number of hydrogen-bond donors (Lipinski definition) is 2. The van der Waals surface area contributed by atoms with Crippen LogP contribution < -0.4 is 5.73 Å². The average Bonchev–Trinajstić information content (AvgIpc) is 2.12. The maximum atomic E-state index is 9.41. The van der Waals surface area contributed by atoms with E-state index in [1.54, 1.807) is 6.07 Å². The van der Waals surface area contributed by atoms with Gasteiger partial charge in [0.05, 0.1) is 5.02 Å². The Bertz CT molecular complexity index is 338. The minimum absolute atomic E-state index is 0.0108. The van der Waals surface area contributed by atoms with Crippen molar-refractivity contribution in [2.45, 2.75) is 25.3 Å². The Labute approximate surface area is 82.3 Å². The molecule has 0 bridgehead atoms. The number of aromatic hydroxyl groups is 1. The molecule has 0 heterocycles. The predicted molar refractivity (Wildman–Crippen MR) is 53.0 cm³/mol. The van der Waals surface area contributed by atoms with Gasteiger partial charge < -0.3 is 10.8 Å². The first kappa shape index (κ1) is 8.85. The molecule has 0 spiro atoms. The summed E-state index contributed by atoms with van der Waals surface area (Å²) in [6.07, 6.45) is 3.08. The number of halogens is 1. The van der Waals surface area contributed by atoms with Gasteiger partial charge in [0.1, 0.15) is 5.75 Å². The molecule has 0 amide bonds. The van der Waals surface area contributed by atoms with E-state index >= 15 is 0 Å². The molecule has 0 fully saturated rings. The zero-order valence-corrected chi connectivity index (χ0v) is 8.01. The molecule has 0 radical (unpaired) electrons. The molecule has 0 saturated carbocycles. The fourth-order valence-corrected chi connectivity index (χ4v) is 2.22. The van der Waals surface area contributed by atoms with Crippen LogP contribution in [0.25, 0.3) is 0 Å². The summed E-state index contributed by atoms with van der Waals surface area (Å²) in [5.74, 6) is 0.137. The van der Waals surface area contributed by atoms with Crippen molar-refractivity contribution in [2.24, 2.45) is 5.73 Å². The van der Waals surface area contributed by atoms with Crippen molar-refractivity contribution in [1.82, 2.24) is 0 Å². The van der Waals surface area contributed by atoms with E-state index < -0.39 is 0 Å². The lowest BCUT2D eigenvalue weighted by atomic mass is 9.88. The minimum atomic E-state index is -0.0108. The first-order valence-corrected chi connectivity index (χ1v) is 4.84. The number of nitrogens with two attached hydrogens (primary N) is 1. The van der Waals surface area contributed by atoms with E-state index in [4.69, 9.17) is 17.3 Å². The summed E-state index contributed by atoms with van der Waals surface area (Å²) >= 11 is 5.98. The highest BCUT2D eigenvalue weighted by molar-refractivity contribution is 6.33. The smallest absolute Gasteiger partial charge is 0.134 e. The molecule has 70 valence electrons. The van der Waals surface area contributed by atoms with Gasteiger partial charge in [0.2, 0.25) is 0 Å². The lowest BCUT2D eigenvalue weighted by molar-refractivity contribution is 0.470. The van der Waals surface area contributed by atoms with Crippen LogP contribution in [-0.4, -0.2) is 5.11 Å². The predicted octanol–water partition coefficient (Wildman–Crippen LogP) is 2.38. The summed E-state index contributed by atoms with van der Waals surface area (Å²) in [6.45, 7) is 0. The first-order chi connectivity index (χ1) is 6.20. The molecule has 1 unspecified atom stereocenters. The lowest BCUT2D eigenvalue weighted by Crippen LogP contribution is -2.17. The number of phenolic OH excluding ortho intramolecular Hbond substituents is 1. The molecule has 0 aliphatic heterocycles. The van der Waals surface area contributed by atoms with Gasteiger partial charge in [0.25, 0.3) is 0 Å². The van der Waals surface area contributed by atoms with Crippen LogP contribution in [0, 0.1) is 0 Å². The van der Waals surface area contributed by atoms with Crippen molar-refractivity contribution >= 4 is 11.6 Å². The fourth-order valence-electron chi connectivity index (χ4n) is 1.90. The monoisotopic (exact) mass is 197 g/mol. The number of benzene rings is 1. The molecule has 1 aliphatic carbocycles. The summed E-state index contributed by atoms with van der Waals surface area (Å²) < 4.78 is 0. The molecule has 0 saturated heterocycles. The number of rotatable bonds is 0. The van der Waals surface area contributed by atoms with Gasteiger partial charge in [-0.2, -0.15) is 0 Å². The topological polar surface area (TPSA) is 46.2 Å². The van der Waals surface area contributed by atoms with Crippen molar-refractivity contribution < 1.29 is 5.11 Å². The van der Waals surface area contributed by atoms with Crippen molar-refractivity contribution in [3.8, 4) is 5.75 Å². The fraction of sp³-hybridized carbons (Fsp3) is 0.400. The van der Waals surface area contributed by atoms with Crippen LogP contribution in [0.2, 0.25) is 5.02 Å². The molecule has 13 heavy (non-hydrogen) atoms. The summed E-state index contributed by atoms with van der Waals surface area (Å²) in [7, 11) is 0. The molecule has 2 nitrogen and oxygen atoms in total. The van der Waals surface area contributed by atoms with Gasteiger partial charge >= 0.3 is 0 Å². The van der Waals surface area contributed by atoms with Crippen LogP contribution in [0.3, 0.4) is 0 Å². The molecule has 3 heteroatoms. The maximum Gasteiger partial charge on any atom is 0.134 e. The molecule has 1 atom stereocenters. The minimum Gasteiger partial charge on any atom is -0.506 e. The van der Waals surface area contributed by atoms with E-state index in [1.165, 1.54) is 5.56 Å². The van der Waals surface area contributed by atoms with E-state index in [0.29, 0.717) is 5.02 Å². The Morgan fingerprint density at radius 3 is 3.00 bits per heavy atom. The number of phenols is 1. The SMILES string of the molecule is NC1CCCc2ccc(O)c(Cl)c21. The average molecular weight is 198 g/mol. The quantitative estimate of drug-likeness (QED) is 0.671. The van der Waals surface area contributed by atoms with Crippen LogP contribution in [0.4, 0.5) is 0 Å². The largest absolute Gasteiger partial charge is 0.506 e. The van der Waals surface area contributed by atoms with Gasteiger partial charge in [-0.05, 0) is 36.5 Å². The zero-order chi connectivity index (χ0) is 9.42. The standard InChI is InChI=1S/C10H12ClNO/c11-10-8(13)5-4-6-2-1-3-7(12)9(6)10/h4-5,7,13H,1-3,12H2. The van der Waals surface area contributed by atoms with Gasteiger partial charge in [-0.1, -0.05) is 17.7 Å². The second kappa shape index (κ2) is 3.20. The summed E-state index contributed by atoms with van der Waals surface area (Å²) in [5.41, 5.74) is 8.04. The van der Waals surface area contributed by atoms with Gasteiger partial charge in [0.15, 0.2) is 0 Å². The van der Waals surface area contributed by atoms with Gasteiger partial charge in [-0.25, -0.2) is 0 Å². The van der Waals surface area contributed by atoms with Gasteiger partial charge in [-0.3, -0.25) is 0 Å². The van der Waals surface area contributed by atoms with E-state index in [1.807, 2.05) is 6.07 Å². The molecular formula is C10H12ClNO. The third-order valence-corrected chi connectivity index (χ3v) is 2.98. The van der Waals surface area contributed by atoms with Crippen LogP contribution in [-0.2, 0) is 6.42 Å². The highest BCUT2D eigenvalue weighted by Gasteiger charge is 2.21. The van der Waals surface area contributed by atoms with E-state index in [-0.39, 0.29) is 11.8 Å². The molecule has 3 N–H and O–H groups in total. The molecule has 1 aromatic carbocycles. The maximum absolute atomic E-state index is 9.41. The van der Waals surface area contributed by atoms with E-state index in [2.05, 4.69) is 0 Å². The molecular weight excluding hydrogens is 186 g/mol. The van der Waals surface area contributed by atoms with Gasteiger partial charge in [0, 0.05) is 6.04 Å². The van der Waals surface area contributed by atoms with Crippen LogP contribution in [0.15, 0.2) is 12.1 Å². The highest BCUT2D eigenvalue weighted by atomic mass is 35.5. The Balaban J connectivity index is 2.58. The van der Waals surface area contributed by atoms with Crippen LogP contribution in [0.5, 0.6) is 5.75 Å². The normalized spacial score (nSPS) is 21.2. The van der Waals surface area contributed by atoms with E-state index in [9.17, 15) is 5.11 Å². The second-order valence-corrected chi connectivity index (χ2v) is 3.85. The molecule has 1 aromatic rings. The second-order valence-electron chi connectivity index (χ2n) is 3.47. The highest BCUT2D eigenvalue weighted by Crippen LogP contribution is 2.38. The first-order valence-electron chi connectivity index (χ1n) is 4.46. The third-order valence-electron chi connectivity index (χ3n) is 2.58. The Morgan fingerprint density at radius 2 is 2.23 bits per heavy atom. The van der Waals surface area contributed by atoms with Crippen LogP contribution >= 0.6 is 11.6 Å². The number of hydrogen-bond acceptors (Lipinski definition) is 2. The summed E-state index contributed by atoms with van der Waals surface area (Å²) in [4.78, 5) is 0. The van der Waals surface area contributed by atoms with Crippen LogP contribution in [0.1, 0.15) is 30.0 Å². The Kier molecular flexibility index (Phi) is 2.18. The Morgan fingerprint density at radius 1 is 1.46 bits per heavy atom. The molecule has 1 aliphatic rings. The lowest BCUT2D eigenvalue weighted by Gasteiger charge is -2.23. The molecule has 2 rings (SSSR count). The van der Waals surface area contributed by atoms with Crippen molar-refractivity contribution in [3.63, 3.8) is 0 Å². The summed E-state index contributed by atoms with van der Waals surface area (Å²) in [6, 6.07) is 3.54. The van der Waals surface area contributed by atoms with E-state index in [0.717, 1.165) is 24.8 Å². The number of fused-ring (bicyclic) bond motifs is 1. The van der Waals surface area contributed by atoms with Gasteiger partial charge in [-0.15, -0.1) is 0 Å². The summed E-state index contributed by atoms with van der Waals surface area (Å²) in [5, 5.41) is 9.84. The van der Waals surface area contributed by atoms with Crippen molar-refractivity contribution in [2.75, 3.05) is 0 Å². The van der Waals surface area contributed by atoms with Crippen molar-refractivity contribution in [3.05, 3.63) is 28.3 Å². The Hall–Kier alpha value is -0.730. The molecule has 0 aromatic heterocycles. The third kappa shape index (κ3) is 1.40.